The Morgan fingerprint density at radius 2 is 1.94 bits per heavy atom. The molecule has 1 nitrogen and oxygen atoms in total. The Balaban J connectivity index is 2.20. The summed E-state index contributed by atoms with van der Waals surface area (Å²) in [7, 11) is 0. The van der Waals surface area contributed by atoms with Crippen LogP contribution in [0.1, 0.15) is 29.0 Å². The van der Waals surface area contributed by atoms with E-state index in [4.69, 9.17) is 0 Å². The SMILES string of the molecule is CCSc1ccc(C(O)c2sccc2C)cc1. The summed E-state index contributed by atoms with van der Waals surface area (Å²) in [4.78, 5) is 2.30. The molecule has 0 aliphatic heterocycles. The summed E-state index contributed by atoms with van der Waals surface area (Å²) in [6.45, 7) is 4.18. The van der Waals surface area contributed by atoms with Crippen LogP contribution >= 0.6 is 23.1 Å². The fourth-order valence-corrected chi connectivity index (χ4v) is 3.33. The molecule has 1 atom stereocenters. The van der Waals surface area contributed by atoms with Crippen LogP contribution in [-0.4, -0.2) is 10.9 Å². The minimum atomic E-state index is -0.490. The molecule has 0 aliphatic rings. The van der Waals surface area contributed by atoms with Crippen LogP contribution in [0.3, 0.4) is 0 Å². The second-order valence-corrected chi connectivity index (χ2v) is 6.16. The van der Waals surface area contributed by atoms with Crippen LogP contribution in [0.4, 0.5) is 0 Å². The smallest absolute Gasteiger partial charge is 0.113 e. The van der Waals surface area contributed by atoms with Gasteiger partial charge in [0.15, 0.2) is 0 Å². The summed E-state index contributed by atoms with van der Waals surface area (Å²) in [6.07, 6.45) is -0.490. The second-order valence-electron chi connectivity index (χ2n) is 3.87. The van der Waals surface area contributed by atoms with E-state index in [9.17, 15) is 5.11 Å². The monoisotopic (exact) mass is 264 g/mol. The highest BCUT2D eigenvalue weighted by atomic mass is 32.2. The lowest BCUT2D eigenvalue weighted by molar-refractivity contribution is 0.223. The predicted octanol–water partition coefficient (Wildman–Crippen LogP) is 4.25. The maximum absolute atomic E-state index is 10.3. The minimum absolute atomic E-state index is 0.490. The van der Waals surface area contributed by atoms with Crippen LogP contribution in [0.15, 0.2) is 40.6 Å². The first kappa shape index (κ1) is 12.7. The summed E-state index contributed by atoms with van der Waals surface area (Å²) in [5.74, 6) is 1.08. The van der Waals surface area contributed by atoms with Gasteiger partial charge < -0.3 is 5.11 Å². The van der Waals surface area contributed by atoms with Gasteiger partial charge in [-0.3, -0.25) is 0 Å². The Morgan fingerprint density at radius 1 is 1.24 bits per heavy atom. The number of aryl methyl sites for hydroxylation is 1. The molecule has 0 spiro atoms. The number of hydrogen-bond donors (Lipinski definition) is 1. The van der Waals surface area contributed by atoms with Crippen molar-refractivity contribution in [3.8, 4) is 0 Å². The molecule has 2 rings (SSSR count). The van der Waals surface area contributed by atoms with Gasteiger partial charge in [0, 0.05) is 9.77 Å². The average Bonchev–Trinajstić information content (AvgIpc) is 2.76. The van der Waals surface area contributed by atoms with Gasteiger partial charge in [-0.2, -0.15) is 0 Å². The molecule has 1 unspecified atom stereocenters. The van der Waals surface area contributed by atoms with E-state index in [2.05, 4.69) is 19.1 Å². The van der Waals surface area contributed by atoms with E-state index >= 15 is 0 Å². The highest BCUT2D eigenvalue weighted by molar-refractivity contribution is 7.99. The number of thiophene rings is 1. The molecule has 2 aromatic rings. The third kappa shape index (κ3) is 2.92. The summed E-state index contributed by atoms with van der Waals surface area (Å²) < 4.78 is 0. The van der Waals surface area contributed by atoms with E-state index in [0.717, 1.165) is 21.8 Å². The zero-order valence-electron chi connectivity index (χ0n) is 10.0. The van der Waals surface area contributed by atoms with Gasteiger partial charge >= 0.3 is 0 Å². The Morgan fingerprint density at radius 3 is 2.47 bits per heavy atom. The lowest BCUT2D eigenvalue weighted by Gasteiger charge is -2.11. The zero-order valence-corrected chi connectivity index (χ0v) is 11.6. The molecule has 90 valence electrons. The van der Waals surface area contributed by atoms with Crippen LogP contribution < -0.4 is 0 Å². The highest BCUT2D eigenvalue weighted by Crippen LogP contribution is 2.30. The summed E-state index contributed by atoms with van der Waals surface area (Å²) in [5.41, 5.74) is 2.13. The van der Waals surface area contributed by atoms with Gasteiger partial charge in [-0.05, 0) is 47.4 Å². The van der Waals surface area contributed by atoms with Crippen molar-refractivity contribution in [2.24, 2.45) is 0 Å². The van der Waals surface area contributed by atoms with Crippen LogP contribution in [0.5, 0.6) is 0 Å². The number of rotatable bonds is 4. The molecule has 0 radical (unpaired) electrons. The van der Waals surface area contributed by atoms with Gasteiger partial charge in [-0.15, -0.1) is 23.1 Å². The fourth-order valence-electron chi connectivity index (χ4n) is 1.73. The molecule has 0 saturated heterocycles. The van der Waals surface area contributed by atoms with Crippen molar-refractivity contribution in [1.29, 1.82) is 0 Å². The standard InChI is InChI=1S/C14H16OS2/c1-3-16-12-6-4-11(5-7-12)13(15)14-10(2)8-9-17-14/h4-9,13,15H,3H2,1-2H3. The van der Waals surface area contributed by atoms with Gasteiger partial charge in [0.2, 0.25) is 0 Å². The molecule has 1 N–H and O–H groups in total. The first-order valence-electron chi connectivity index (χ1n) is 5.67. The third-order valence-corrected chi connectivity index (χ3v) is 4.62. The molecule has 0 bridgehead atoms. The fraction of sp³-hybridized carbons (Fsp3) is 0.286. The summed E-state index contributed by atoms with van der Waals surface area (Å²) >= 11 is 3.43. The van der Waals surface area contributed by atoms with E-state index < -0.39 is 6.10 Å². The molecule has 17 heavy (non-hydrogen) atoms. The number of aliphatic hydroxyl groups excluding tert-OH is 1. The topological polar surface area (TPSA) is 20.2 Å². The lowest BCUT2D eigenvalue weighted by atomic mass is 10.1. The Hall–Kier alpha value is -0.770. The lowest BCUT2D eigenvalue weighted by Crippen LogP contribution is -1.98. The molecule has 0 fully saturated rings. The third-order valence-electron chi connectivity index (χ3n) is 2.66. The molecular weight excluding hydrogens is 248 g/mol. The Labute approximate surface area is 111 Å². The largest absolute Gasteiger partial charge is 0.383 e. The van der Waals surface area contributed by atoms with Crippen molar-refractivity contribution < 1.29 is 5.11 Å². The van der Waals surface area contributed by atoms with Crippen molar-refractivity contribution in [1.82, 2.24) is 0 Å². The minimum Gasteiger partial charge on any atom is -0.383 e. The second kappa shape index (κ2) is 5.71. The van der Waals surface area contributed by atoms with Crippen LogP contribution in [0, 0.1) is 6.92 Å². The highest BCUT2D eigenvalue weighted by Gasteiger charge is 2.13. The number of thioether (sulfide) groups is 1. The average molecular weight is 264 g/mol. The van der Waals surface area contributed by atoms with Crippen molar-refractivity contribution >= 4 is 23.1 Å². The molecule has 0 saturated carbocycles. The molecule has 0 amide bonds. The van der Waals surface area contributed by atoms with Crippen molar-refractivity contribution in [3.05, 3.63) is 51.7 Å². The van der Waals surface area contributed by atoms with Crippen molar-refractivity contribution in [2.45, 2.75) is 24.8 Å². The normalized spacial score (nSPS) is 12.6. The molecule has 3 heteroatoms. The first-order chi connectivity index (χ1) is 8.22. The molecular formula is C14H16OS2. The summed E-state index contributed by atoms with van der Waals surface area (Å²) in [6, 6.07) is 10.2. The maximum Gasteiger partial charge on any atom is 0.113 e. The molecule has 0 aliphatic carbocycles. The van der Waals surface area contributed by atoms with E-state index in [1.807, 2.05) is 42.3 Å². The maximum atomic E-state index is 10.3. The van der Waals surface area contributed by atoms with Crippen LogP contribution in [0.25, 0.3) is 0 Å². The van der Waals surface area contributed by atoms with Crippen LogP contribution in [-0.2, 0) is 0 Å². The number of benzene rings is 1. The molecule has 1 heterocycles. The van der Waals surface area contributed by atoms with Gasteiger partial charge in [0.25, 0.3) is 0 Å². The Bertz CT molecular complexity index is 473. The molecule has 1 aromatic heterocycles. The van der Waals surface area contributed by atoms with Gasteiger partial charge in [-0.1, -0.05) is 19.1 Å². The summed E-state index contributed by atoms with van der Waals surface area (Å²) in [5, 5.41) is 12.3. The quantitative estimate of drug-likeness (QED) is 0.833. The van der Waals surface area contributed by atoms with Gasteiger partial charge in [0.1, 0.15) is 6.10 Å². The van der Waals surface area contributed by atoms with E-state index in [0.29, 0.717) is 0 Å². The Kier molecular flexibility index (Phi) is 4.26. The van der Waals surface area contributed by atoms with Crippen molar-refractivity contribution in [2.75, 3.05) is 5.75 Å². The van der Waals surface area contributed by atoms with Gasteiger partial charge in [-0.25, -0.2) is 0 Å². The zero-order chi connectivity index (χ0) is 12.3. The van der Waals surface area contributed by atoms with E-state index in [1.165, 1.54) is 4.90 Å². The first-order valence-corrected chi connectivity index (χ1v) is 7.53. The molecule has 1 aromatic carbocycles. The number of hydrogen-bond acceptors (Lipinski definition) is 3. The number of aliphatic hydroxyl groups is 1. The van der Waals surface area contributed by atoms with Crippen molar-refractivity contribution in [3.63, 3.8) is 0 Å². The van der Waals surface area contributed by atoms with Gasteiger partial charge in [0.05, 0.1) is 0 Å². The van der Waals surface area contributed by atoms with Crippen LogP contribution in [0.2, 0.25) is 0 Å². The predicted molar refractivity (Wildman–Crippen MR) is 76.0 cm³/mol. The van der Waals surface area contributed by atoms with E-state index in [1.54, 1.807) is 11.3 Å². The van der Waals surface area contributed by atoms with E-state index in [-0.39, 0.29) is 0 Å².